The quantitative estimate of drug-likeness (QED) is 0.745. The summed E-state index contributed by atoms with van der Waals surface area (Å²) in [5.41, 5.74) is 1.65. The molecule has 3 rings (SSSR count). The highest BCUT2D eigenvalue weighted by atomic mass is 19.4. The summed E-state index contributed by atoms with van der Waals surface area (Å²) in [6.07, 6.45) is -1.94. The van der Waals surface area contributed by atoms with Crippen molar-refractivity contribution in [2.75, 3.05) is 13.1 Å². The van der Waals surface area contributed by atoms with E-state index in [1.54, 1.807) is 60.7 Å². The molecular weight excluding hydrogens is 355 g/mol. The molecule has 2 aromatic rings. The van der Waals surface area contributed by atoms with Gasteiger partial charge >= 0.3 is 12.1 Å². The third-order valence-corrected chi connectivity index (χ3v) is 4.12. The van der Waals surface area contributed by atoms with E-state index in [-0.39, 0.29) is 30.0 Å². The Kier molecular flexibility index (Phi) is 5.26. The van der Waals surface area contributed by atoms with Crippen molar-refractivity contribution in [3.05, 3.63) is 82.9 Å². The summed E-state index contributed by atoms with van der Waals surface area (Å²) in [6.45, 7) is -0.754. The fourth-order valence-corrected chi connectivity index (χ4v) is 2.86. The van der Waals surface area contributed by atoms with Crippen LogP contribution in [-0.4, -0.2) is 35.9 Å². The molecule has 1 aliphatic rings. The Morgan fingerprint density at radius 2 is 1.22 bits per heavy atom. The number of alkyl halides is 3. The topological polar surface area (TPSA) is 37.4 Å². The molecule has 0 aliphatic carbocycles. The lowest BCUT2D eigenvalue weighted by molar-refractivity contribution is -0.184. The van der Waals surface area contributed by atoms with Gasteiger partial charge in [0.2, 0.25) is 0 Å². The largest absolute Gasteiger partial charge is 0.471 e. The van der Waals surface area contributed by atoms with E-state index < -0.39 is 12.1 Å². The average molecular weight is 371 g/mol. The number of piperidine rings is 1. The minimum absolute atomic E-state index is 0.146. The van der Waals surface area contributed by atoms with Crippen LogP contribution in [0.2, 0.25) is 0 Å². The van der Waals surface area contributed by atoms with Crippen molar-refractivity contribution in [1.82, 2.24) is 4.90 Å². The van der Waals surface area contributed by atoms with E-state index in [0.717, 1.165) is 0 Å². The van der Waals surface area contributed by atoms with E-state index in [4.69, 9.17) is 0 Å². The Balaban J connectivity index is 2.00. The monoisotopic (exact) mass is 371 g/mol. The molecule has 2 aromatic carbocycles. The maximum absolute atomic E-state index is 12.9. The Morgan fingerprint density at radius 3 is 1.59 bits per heavy atom. The van der Waals surface area contributed by atoms with Crippen molar-refractivity contribution >= 4 is 23.8 Å². The predicted molar refractivity (Wildman–Crippen MR) is 96.5 cm³/mol. The molecular formula is C21H16F3NO2. The number of nitrogens with zero attached hydrogens (tertiary/aromatic N) is 1. The summed E-state index contributed by atoms with van der Waals surface area (Å²) in [4.78, 5) is 25.2. The Morgan fingerprint density at radius 1 is 0.815 bits per heavy atom. The molecule has 1 heterocycles. The van der Waals surface area contributed by atoms with Crippen molar-refractivity contribution in [2.24, 2.45) is 0 Å². The first-order valence-corrected chi connectivity index (χ1v) is 8.26. The summed E-state index contributed by atoms with van der Waals surface area (Å²) < 4.78 is 38.8. The van der Waals surface area contributed by atoms with Crippen LogP contribution >= 0.6 is 0 Å². The van der Waals surface area contributed by atoms with Crippen LogP contribution in [0.1, 0.15) is 11.1 Å². The van der Waals surface area contributed by atoms with Gasteiger partial charge in [0, 0.05) is 11.1 Å². The number of ketones is 1. The second-order valence-corrected chi connectivity index (χ2v) is 6.15. The zero-order valence-corrected chi connectivity index (χ0v) is 14.2. The number of halogens is 3. The standard InChI is InChI=1S/C21H16F3NO2/c22-21(23,24)20(27)25-13-17(11-15-7-3-1-4-8-15)19(26)18(14-25)12-16-9-5-2-6-10-16/h1-12H,13-14H2. The summed E-state index contributed by atoms with van der Waals surface area (Å²) in [5, 5.41) is 0. The summed E-state index contributed by atoms with van der Waals surface area (Å²) in [6, 6.07) is 17.6. The first-order valence-electron chi connectivity index (χ1n) is 8.26. The van der Waals surface area contributed by atoms with E-state index in [1.165, 1.54) is 12.2 Å². The van der Waals surface area contributed by atoms with Crippen LogP contribution in [0.4, 0.5) is 13.2 Å². The van der Waals surface area contributed by atoms with E-state index in [1.807, 2.05) is 0 Å². The first-order chi connectivity index (χ1) is 12.8. The van der Waals surface area contributed by atoms with Crippen molar-refractivity contribution in [3.63, 3.8) is 0 Å². The van der Waals surface area contributed by atoms with E-state index >= 15 is 0 Å². The van der Waals surface area contributed by atoms with Crippen LogP contribution in [0, 0.1) is 0 Å². The van der Waals surface area contributed by atoms with Crippen LogP contribution < -0.4 is 0 Å². The van der Waals surface area contributed by atoms with Gasteiger partial charge in [-0.1, -0.05) is 60.7 Å². The SMILES string of the molecule is O=C1C(=Cc2ccccc2)CN(C(=O)C(F)(F)F)CC1=Cc1ccccc1. The number of carbonyl (C=O) groups excluding carboxylic acids is 2. The highest BCUT2D eigenvalue weighted by molar-refractivity contribution is 6.15. The van der Waals surface area contributed by atoms with E-state index in [9.17, 15) is 22.8 Å². The molecule has 27 heavy (non-hydrogen) atoms. The lowest BCUT2D eigenvalue weighted by Gasteiger charge is -2.30. The van der Waals surface area contributed by atoms with Gasteiger partial charge in [0.25, 0.3) is 0 Å². The zero-order chi connectivity index (χ0) is 19.4. The number of Topliss-reactive ketones (excluding diaryl/α,β-unsaturated/α-hetero) is 1. The van der Waals surface area contributed by atoms with Gasteiger partial charge < -0.3 is 4.90 Å². The summed E-state index contributed by atoms with van der Waals surface area (Å²) in [5.74, 6) is -2.30. The third kappa shape index (κ3) is 4.53. The average Bonchev–Trinajstić information content (AvgIpc) is 2.65. The lowest BCUT2D eigenvalue weighted by atomic mass is 9.94. The Labute approximate surface area is 154 Å². The number of hydrogen-bond acceptors (Lipinski definition) is 2. The molecule has 0 saturated carbocycles. The molecule has 0 aromatic heterocycles. The highest BCUT2D eigenvalue weighted by Gasteiger charge is 2.44. The lowest BCUT2D eigenvalue weighted by Crippen LogP contribution is -2.47. The van der Waals surface area contributed by atoms with Gasteiger partial charge in [-0.2, -0.15) is 13.2 Å². The smallest absolute Gasteiger partial charge is 0.326 e. The minimum Gasteiger partial charge on any atom is -0.326 e. The maximum atomic E-state index is 12.9. The normalized spacial score (nSPS) is 18.2. The number of benzene rings is 2. The number of rotatable bonds is 2. The molecule has 1 fully saturated rings. The fourth-order valence-electron chi connectivity index (χ4n) is 2.86. The summed E-state index contributed by atoms with van der Waals surface area (Å²) >= 11 is 0. The maximum Gasteiger partial charge on any atom is 0.471 e. The van der Waals surface area contributed by atoms with Gasteiger partial charge in [-0.3, -0.25) is 9.59 Å². The number of likely N-dealkylation sites (tertiary alicyclic amines) is 1. The highest BCUT2D eigenvalue weighted by Crippen LogP contribution is 2.26. The molecule has 0 N–H and O–H groups in total. The molecule has 1 saturated heterocycles. The molecule has 138 valence electrons. The van der Waals surface area contributed by atoms with Gasteiger partial charge in [-0.25, -0.2) is 0 Å². The second kappa shape index (κ2) is 7.61. The van der Waals surface area contributed by atoms with Crippen molar-refractivity contribution in [1.29, 1.82) is 0 Å². The minimum atomic E-state index is -4.99. The molecule has 0 radical (unpaired) electrons. The number of amides is 1. The van der Waals surface area contributed by atoms with Crippen LogP contribution in [0.3, 0.4) is 0 Å². The van der Waals surface area contributed by atoms with Gasteiger partial charge in [0.05, 0.1) is 13.1 Å². The Hall–Kier alpha value is -3.15. The number of hydrogen-bond donors (Lipinski definition) is 0. The zero-order valence-electron chi connectivity index (χ0n) is 14.2. The molecule has 0 unspecified atom stereocenters. The Bertz CT molecular complexity index is 839. The van der Waals surface area contributed by atoms with Gasteiger partial charge in [0.15, 0.2) is 5.78 Å². The number of carbonyl (C=O) groups is 2. The fraction of sp³-hybridized carbons (Fsp3) is 0.143. The molecule has 0 atom stereocenters. The van der Waals surface area contributed by atoms with Crippen molar-refractivity contribution < 1.29 is 22.8 Å². The van der Waals surface area contributed by atoms with Crippen LogP contribution in [0.15, 0.2) is 71.8 Å². The van der Waals surface area contributed by atoms with Crippen LogP contribution in [0.5, 0.6) is 0 Å². The van der Waals surface area contributed by atoms with Crippen molar-refractivity contribution in [2.45, 2.75) is 6.18 Å². The molecule has 1 aliphatic heterocycles. The second-order valence-electron chi connectivity index (χ2n) is 6.15. The molecule has 1 amide bonds. The summed E-state index contributed by atoms with van der Waals surface area (Å²) in [7, 11) is 0. The molecule has 0 spiro atoms. The predicted octanol–water partition coefficient (Wildman–Crippen LogP) is 4.13. The van der Waals surface area contributed by atoms with Gasteiger partial charge in [-0.15, -0.1) is 0 Å². The third-order valence-electron chi connectivity index (χ3n) is 4.12. The van der Waals surface area contributed by atoms with Crippen LogP contribution in [-0.2, 0) is 9.59 Å². The molecule has 3 nitrogen and oxygen atoms in total. The molecule has 0 bridgehead atoms. The van der Waals surface area contributed by atoms with Gasteiger partial charge in [-0.05, 0) is 23.3 Å². The molecule has 6 heteroatoms. The van der Waals surface area contributed by atoms with E-state index in [2.05, 4.69) is 0 Å². The van der Waals surface area contributed by atoms with Crippen LogP contribution in [0.25, 0.3) is 12.2 Å². The van der Waals surface area contributed by atoms with Crippen molar-refractivity contribution in [3.8, 4) is 0 Å². The van der Waals surface area contributed by atoms with Gasteiger partial charge in [0.1, 0.15) is 0 Å². The first kappa shape index (κ1) is 18.6. The van der Waals surface area contributed by atoms with E-state index in [0.29, 0.717) is 16.0 Å².